The van der Waals surface area contributed by atoms with Crippen molar-refractivity contribution in [1.82, 2.24) is 6.15 Å². The molecule has 6 aromatic carbocycles. The average molecular weight is 2120 g/mol. The van der Waals surface area contributed by atoms with Crippen LogP contribution < -0.4 is 92.8 Å². The summed E-state index contributed by atoms with van der Waals surface area (Å²) in [6, 6.07) is 48.5. The third-order valence-electron chi connectivity index (χ3n) is 25.3. The van der Waals surface area contributed by atoms with E-state index < -0.39 is 38.9 Å². The number of nitrogens with two attached hydrogens (primary N) is 1. The van der Waals surface area contributed by atoms with Gasteiger partial charge in [0.25, 0.3) is 0 Å². The van der Waals surface area contributed by atoms with Crippen LogP contribution in [0.5, 0.6) is 0 Å². The summed E-state index contributed by atoms with van der Waals surface area (Å²) in [6.07, 6.45) is 48.2. The second kappa shape index (κ2) is 75.4. The van der Waals surface area contributed by atoms with Crippen molar-refractivity contribution in [2.24, 2.45) is 37.9 Å². The monoisotopic (exact) mass is 2110 g/mol. The van der Waals surface area contributed by atoms with Crippen molar-refractivity contribution in [1.29, 1.82) is 0 Å². The summed E-state index contributed by atoms with van der Waals surface area (Å²) in [6.45, 7) is 37.7. The molecule has 0 amide bonds. The van der Waals surface area contributed by atoms with Crippen LogP contribution in [0.1, 0.15) is 284 Å². The van der Waals surface area contributed by atoms with E-state index in [0.29, 0.717) is 54.7 Å². The van der Waals surface area contributed by atoms with Crippen LogP contribution in [0.4, 0.5) is 8.78 Å². The van der Waals surface area contributed by atoms with Gasteiger partial charge in [0.2, 0.25) is 0 Å². The number of epoxide rings is 2. The van der Waals surface area contributed by atoms with Crippen molar-refractivity contribution < 1.29 is 137 Å². The number of alkyl halides is 4. The maximum Gasteiger partial charge on any atom is 1.00 e. The van der Waals surface area contributed by atoms with Gasteiger partial charge in [0, 0.05) is 41.3 Å². The van der Waals surface area contributed by atoms with Crippen LogP contribution in [0.25, 0.3) is 56.8 Å². The van der Waals surface area contributed by atoms with Crippen LogP contribution in [0.2, 0.25) is 0 Å². The number of aliphatic hydroxyl groups excluding tert-OH is 4. The molecule has 0 bridgehead atoms. The fraction of sp³-hybridized carbons (Fsp3) is 0.496. The predicted molar refractivity (Wildman–Crippen MR) is 596 cm³/mol. The Labute approximate surface area is 937 Å². The molecule has 3 fully saturated rings. The van der Waals surface area contributed by atoms with E-state index in [1.54, 1.807) is 35.9 Å². The third kappa shape index (κ3) is 54.5. The predicted octanol–water partition coefficient (Wildman–Crippen LogP) is 24.9. The Kier molecular flexibility index (Phi) is 71.6. The Hall–Kier alpha value is -5.26. The van der Waals surface area contributed by atoms with Gasteiger partial charge in [-0.05, 0) is 292 Å². The first-order chi connectivity index (χ1) is 66.2. The first-order valence-electron chi connectivity index (χ1n) is 49.0. The number of benzene rings is 6. The number of ether oxygens (including phenoxy) is 3. The number of nitrogens with zero attached hydrogens (tertiary/aromatic N) is 6. The fourth-order valence-corrected chi connectivity index (χ4v) is 18.5. The van der Waals surface area contributed by atoms with Gasteiger partial charge >= 0.3 is 80.9 Å². The zero-order valence-corrected chi connectivity index (χ0v) is 97.2. The molecule has 8 aliphatic rings. The number of hydrogen-bond donors (Lipinski definition) is 6. The number of carbonyl (C=O) groups excluding carboxylic acids is 2. The largest absolute Gasteiger partial charge is 1.00 e. The Morgan fingerprint density at radius 2 is 0.787 bits per heavy atom. The molecule has 6 aromatic rings. The third-order valence-corrected chi connectivity index (χ3v) is 26.5. The molecule has 0 radical (unpaired) electrons. The fourth-order valence-electron chi connectivity index (χ4n) is 17.8. The molecular formula is C115H164BrCl2F2KN8NaO9P2-. The number of halogens is 5. The van der Waals surface area contributed by atoms with Crippen LogP contribution in [0.3, 0.4) is 0 Å². The summed E-state index contributed by atoms with van der Waals surface area (Å²) >= 11 is 14.5. The van der Waals surface area contributed by atoms with Crippen molar-refractivity contribution in [2.45, 2.75) is 283 Å². The van der Waals surface area contributed by atoms with Gasteiger partial charge in [-0.15, -0.1) is 53.2 Å². The molecule has 141 heavy (non-hydrogen) atoms. The molecule has 3 saturated heterocycles. The Bertz CT molecular complexity index is 4990. The van der Waals surface area contributed by atoms with E-state index in [2.05, 4.69) is 293 Å². The molecule has 3 aliphatic heterocycles. The molecule has 0 aromatic heterocycles. The summed E-state index contributed by atoms with van der Waals surface area (Å²) in [5.74, 6) is 0.945. The van der Waals surface area contributed by atoms with Crippen LogP contribution in [-0.4, -0.2) is 129 Å². The van der Waals surface area contributed by atoms with Crippen LogP contribution in [-0.2, 0) is 49.5 Å². The number of allylic oxidation sites excluding steroid dienone is 15. The minimum Gasteiger partial charge on any atom is -0.393 e. The van der Waals surface area contributed by atoms with E-state index >= 15 is 0 Å². The zero-order chi connectivity index (χ0) is 104. The van der Waals surface area contributed by atoms with Crippen molar-refractivity contribution in [3.8, 4) is 0 Å². The maximum absolute atomic E-state index is 10.1. The molecule has 9 N–H and O–H groups in total. The van der Waals surface area contributed by atoms with Crippen LogP contribution >= 0.6 is 57.0 Å². The SMILES string of the molecule is C.CC1=C(/C=C/c2cccc(Br)c2)C(C)(C)CCC1.CC1=C(/C=C/c2cccc(CC(O)CCl)c2)C(C)(C)CCC1.CC1=C(/C=C/c2cccc(CC(O)CN)c2)C(C)(C)CCC1.CC1=C(/C=C/c2cccc(CC(O)CN=[N+]=[N-])c2)C(C)(C)CCC1.CC1=C(/C=C/c2cccc(CC3CO3)c2)C(C)(C)CCC1.ClCC1CO1.N.O=[C-]c1ccccc1[C-]=O.OC1CCCO1.PP.[2H]CF.[2H]CF.[K+].[N-]=[N+]=[N-].[Na+]. The van der Waals surface area contributed by atoms with E-state index in [9.17, 15) is 33.7 Å². The first-order valence-corrected chi connectivity index (χ1v) is 52.1. The van der Waals surface area contributed by atoms with Gasteiger partial charge in [0.1, 0.15) is 0 Å². The summed E-state index contributed by atoms with van der Waals surface area (Å²) in [5, 5.41) is 41.2. The molecule has 8 atom stereocenters. The molecule has 8 unspecified atom stereocenters. The van der Waals surface area contributed by atoms with Gasteiger partial charge < -0.3 is 67.2 Å². The van der Waals surface area contributed by atoms with Crippen molar-refractivity contribution in [3.05, 3.63) is 324 Å². The summed E-state index contributed by atoms with van der Waals surface area (Å²) in [5.41, 5.74) is 55.1. The van der Waals surface area contributed by atoms with Gasteiger partial charge in [-0.3, -0.25) is 24.8 Å². The van der Waals surface area contributed by atoms with Gasteiger partial charge in [-0.1, -0.05) is 296 Å². The summed E-state index contributed by atoms with van der Waals surface area (Å²) < 4.78 is 46.9. The number of azide groups is 1. The minimum absolute atomic E-state index is 0. The van der Waals surface area contributed by atoms with Gasteiger partial charge in [-0.2, -0.15) is 0 Å². The maximum atomic E-state index is 10.1. The Morgan fingerprint density at radius 3 is 1.03 bits per heavy atom. The van der Waals surface area contributed by atoms with E-state index in [1.165, 1.54) is 186 Å². The van der Waals surface area contributed by atoms with Gasteiger partial charge in [-0.25, -0.2) is 12.1 Å². The summed E-state index contributed by atoms with van der Waals surface area (Å²) in [7, 11) is 2.67. The number of aliphatic hydroxyl groups is 4. The van der Waals surface area contributed by atoms with E-state index in [1.807, 2.05) is 36.4 Å². The minimum atomic E-state index is -1.00. The number of hydrogen-bond acceptors (Lipinski definition) is 12. The Balaban J connectivity index is 0. The smallest absolute Gasteiger partial charge is 0.393 e. The molecule has 5 aliphatic carbocycles. The second-order valence-electron chi connectivity index (χ2n) is 38.8. The van der Waals surface area contributed by atoms with E-state index in [-0.39, 0.29) is 134 Å². The molecule has 0 saturated carbocycles. The zero-order valence-electron chi connectivity index (χ0n) is 88.6. The molecule has 17 nitrogen and oxygen atoms in total. The summed E-state index contributed by atoms with van der Waals surface area (Å²) in [4.78, 5) is 24.4. The van der Waals surface area contributed by atoms with Crippen molar-refractivity contribution >= 4 is 99.9 Å². The molecule has 26 heteroatoms. The molecule has 766 valence electrons. The Morgan fingerprint density at radius 1 is 0.496 bits per heavy atom. The molecule has 0 spiro atoms. The molecule has 3 heterocycles. The van der Waals surface area contributed by atoms with Crippen molar-refractivity contribution in [2.75, 3.05) is 59.0 Å². The first kappa shape index (κ1) is 134. The van der Waals surface area contributed by atoms with Crippen LogP contribution in [0.15, 0.2) is 241 Å². The van der Waals surface area contributed by atoms with E-state index in [4.69, 9.17) is 67.6 Å². The standard InChI is InChI=1S/C20H27ClO.C20H27N3O.C20H29NO.C20H26O.C17H21Br.C8H4O2.C4H8O2.C3H5ClO.2CH3F.CH4.K.N3.H3N.Na.H4P2/c1-15-6-5-11-20(2,3)19(15)10-9-16-7-4-8-17(12-16)13-18(22)14-21;1-15-6-5-11-20(2,3)19(15)10-9-16-7-4-8-17(12-16)13-18(24)14-22-23-21;1-15-6-5-11-20(2,3)19(15)10-9-16-7-4-8-17(12-16)13-18(22)14-21;1-15-6-5-11-20(2,3)19(15)10-9-16-7-4-8-17(12-16)13-18-14-21-18;1-13-6-5-11-17(2,3)16(13)10-9-14-7-4-8-15(18)12-14;9-5-7-3-1-2-4-8(7)6-10;5-4-2-1-3-6-4;4-1-3-2-5-3;2*1-2;;;1-3-2;;;1-2/h4,7-10,12,18,22H,5-6,11,13-14H2,1-3H3;4,7-10,12,18,24H,5-6,11,13-14H2,1-3H3;4,7-10,12,18,22H,5-6,11,13-14,21H2,1-3H3;4,7-10,12,18H,5-6,11,13-14H2,1-3H3;4,7-10,12H,5-6,11H2,1-3H3;1-4H;4-5H,1-3H2;3H,1-2H2;2*1H3;1H4;;;1H3;;1-2H2/q;;;;;-2;;;;;;+1;-1;;+1;/b5*10-9+;;;;;;;;;;;/i;;;;;;;;2*1D;;;;;;. The van der Waals surface area contributed by atoms with E-state index in [0.717, 1.165) is 65.8 Å². The second-order valence-corrected chi connectivity index (χ2v) is 40.3. The molecular weight excluding hydrogens is 1950 g/mol. The average Bonchev–Trinajstić information content (AvgIpc) is 1.82. The quantitative estimate of drug-likeness (QED) is 0.00457. The normalized spacial score (nSPS) is 19.1. The van der Waals surface area contributed by atoms with Crippen LogP contribution in [0, 0.1) is 27.1 Å². The topological polar surface area (TPSA) is 318 Å². The molecule has 14 rings (SSSR count). The van der Waals surface area contributed by atoms with Crippen molar-refractivity contribution in [3.63, 3.8) is 0 Å². The van der Waals surface area contributed by atoms with Gasteiger partial charge in [0.05, 0.1) is 73.2 Å². The van der Waals surface area contributed by atoms with Gasteiger partial charge in [0.15, 0.2) is 6.29 Å². The number of rotatable bonds is 25.